The minimum Gasteiger partial charge on any atom is -0.492 e. The third kappa shape index (κ3) is 7.15. The van der Waals surface area contributed by atoms with E-state index in [4.69, 9.17) is 9.84 Å². The van der Waals surface area contributed by atoms with Gasteiger partial charge in [-0.3, -0.25) is 24.7 Å². The lowest BCUT2D eigenvalue weighted by atomic mass is 10.1. The molecule has 0 radical (unpaired) electrons. The number of ether oxygens (including phenoxy) is 1. The molecule has 0 saturated carbocycles. The standard InChI is InChI=1S/C17H25N3O5.ClH/c1-18(13-17(21)22)14-5-3-8-19(9-7-14)10-11-25-16-6-2-4-15(12-16)20(23)24;/h2,4,6,12,14H,3,5,7-11,13H2,1H3,(H,21,22);1H. The lowest BCUT2D eigenvalue weighted by molar-refractivity contribution is -0.384. The first kappa shape index (κ1) is 22.1. The van der Waals surface area contributed by atoms with Crippen LogP contribution >= 0.6 is 12.4 Å². The predicted molar refractivity (Wildman–Crippen MR) is 100 cm³/mol. The van der Waals surface area contributed by atoms with Crippen LogP contribution in [0.15, 0.2) is 24.3 Å². The summed E-state index contributed by atoms with van der Waals surface area (Å²) in [6.07, 6.45) is 2.94. The predicted octanol–water partition coefficient (Wildman–Crippen LogP) is 2.27. The molecule has 1 unspecified atom stereocenters. The van der Waals surface area contributed by atoms with E-state index in [0.717, 1.165) is 38.9 Å². The molecule has 1 aromatic rings. The van der Waals surface area contributed by atoms with Crippen LogP contribution in [0.1, 0.15) is 19.3 Å². The Hall–Kier alpha value is -1.90. The summed E-state index contributed by atoms with van der Waals surface area (Å²) in [5.41, 5.74) is 0.0246. The summed E-state index contributed by atoms with van der Waals surface area (Å²) in [4.78, 5) is 25.4. The van der Waals surface area contributed by atoms with Gasteiger partial charge in [-0.25, -0.2) is 0 Å². The van der Waals surface area contributed by atoms with E-state index >= 15 is 0 Å². The van der Waals surface area contributed by atoms with Gasteiger partial charge in [-0.05, 0) is 45.5 Å². The minimum atomic E-state index is -0.797. The van der Waals surface area contributed by atoms with Gasteiger partial charge in [0.2, 0.25) is 0 Å². The molecule has 0 amide bonds. The van der Waals surface area contributed by atoms with E-state index in [9.17, 15) is 14.9 Å². The molecule has 9 heteroatoms. The molecule has 1 saturated heterocycles. The number of hydrogen-bond acceptors (Lipinski definition) is 6. The van der Waals surface area contributed by atoms with Gasteiger partial charge >= 0.3 is 5.97 Å². The first-order chi connectivity index (χ1) is 12.0. The molecule has 146 valence electrons. The van der Waals surface area contributed by atoms with Gasteiger partial charge < -0.3 is 9.84 Å². The average molecular weight is 388 g/mol. The number of non-ortho nitro benzene ring substituents is 1. The van der Waals surface area contributed by atoms with Crippen molar-refractivity contribution in [2.45, 2.75) is 25.3 Å². The number of benzene rings is 1. The average Bonchev–Trinajstić information content (AvgIpc) is 2.80. The molecule has 1 atom stereocenters. The van der Waals surface area contributed by atoms with Crippen LogP contribution in [-0.4, -0.2) is 71.7 Å². The second-order valence-corrected chi connectivity index (χ2v) is 6.34. The highest BCUT2D eigenvalue weighted by Crippen LogP contribution is 2.19. The zero-order chi connectivity index (χ0) is 18.2. The Morgan fingerprint density at radius 1 is 1.42 bits per heavy atom. The number of aliphatic carboxylic acids is 1. The van der Waals surface area contributed by atoms with Crippen molar-refractivity contribution >= 4 is 24.1 Å². The van der Waals surface area contributed by atoms with Gasteiger partial charge in [0.05, 0.1) is 17.5 Å². The Labute approximate surface area is 159 Å². The molecule has 1 aromatic carbocycles. The fraction of sp³-hybridized carbons (Fsp3) is 0.588. The van der Waals surface area contributed by atoms with E-state index in [1.807, 2.05) is 11.9 Å². The summed E-state index contributed by atoms with van der Waals surface area (Å²) in [5.74, 6) is -0.294. The Bertz CT molecular complexity index is 602. The molecular weight excluding hydrogens is 362 g/mol. The molecule has 0 aliphatic carbocycles. The maximum absolute atomic E-state index is 10.8. The van der Waals surface area contributed by atoms with Gasteiger partial charge in [0.25, 0.3) is 5.69 Å². The van der Waals surface area contributed by atoms with Crippen molar-refractivity contribution in [3.63, 3.8) is 0 Å². The van der Waals surface area contributed by atoms with Gasteiger partial charge in [-0.1, -0.05) is 6.07 Å². The molecule has 0 bridgehead atoms. The number of carbonyl (C=O) groups is 1. The second-order valence-electron chi connectivity index (χ2n) is 6.34. The highest BCUT2D eigenvalue weighted by molar-refractivity contribution is 5.85. The Balaban J connectivity index is 0.00000338. The Morgan fingerprint density at radius 3 is 2.88 bits per heavy atom. The van der Waals surface area contributed by atoms with Crippen LogP contribution in [0.3, 0.4) is 0 Å². The van der Waals surface area contributed by atoms with Crippen molar-refractivity contribution in [2.24, 2.45) is 0 Å². The lowest BCUT2D eigenvalue weighted by Crippen LogP contribution is -2.37. The first-order valence-corrected chi connectivity index (χ1v) is 8.47. The highest BCUT2D eigenvalue weighted by Gasteiger charge is 2.21. The van der Waals surface area contributed by atoms with Gasteiger partial charge in [0.15, 0.2) is 0 Å². The quantitative estimate of drug-likeness (QED) is 0.539. The highest BCUT2D eigenvalue weighted by atomic mass is 35.5. The molecule has 26 heavy (non-hydrogen) atoms. The summed E-state index contributed by atoms with van der Waals surface area (Å²) >= 11 is 0. The number of carboxylic acid groups (broad SMARTS) is 1. The molecular formula is C17H26ClN3O5. The monoisotopic (exact) mass is 387 g/mol. The maximum Gasteiger partial charge on any atom is 0.317 e. The summed E-state index contributed by atoms with van der Waals surface area (Å²) < 4.78 is 5.63. The number of hydrogen-bond donors (Lipinski definition) is 1. The zero-order valence-electron chi connectivity index (χ0n) is 14.9. The zero-order valence-corrected chi connectivity index (χ0v) is 15.7. The number of rotatable bonds is 8. The summed E-state index contributed by atoms with van der Waals surface area (Å²) in [7, 11) is 1.86. The molecule has 1 N–H and O–H groups in total. The van der Waals surface area contributed by atoms with Crippen LogP contribution in [-0.2, 0) is 4.79 Å². The van der Waals surface area contributed by atoms with E-state index in [0.29, 0.717) is 18.4 Å². The number of likely N-dealkylation sites (tertiary alicyclic amines) is 1. The summed E-state index contributed by atoms with van der Waals surface area (Å²) in [6.45, 7) is 3.14. The van der Waals surface area contributed by atoms with Crippen molar-refractivity contribution in [2.75, 3.05) is 39.8 Å². The normalized spacial score (nSPS) is 18.0. The smallest absolute Gasteiger partial charge is 0.317 e. The van der Waals surface area contributed by atoms with E-state index < -0.39 is 10.9 Å². The summed E-state index contributed by atoms with van der Waals surface area (Å²) in [6, 6.07) is 6.49. The third-order valence-electron chi connectivity index (χ3n) is 4.50. The van der Waals surface area contributed by atoms with Gasteiger partial charge in [0.1, 0.15) is 12.4 Å². The first-order valence-electron chi connectivity index (χ1n) is 8.47. The number of nitro benzene ring substituents is 1. The van der Waals surface area contributed by atoms with Crippen LogP contribution in [0.25, 0.3) is 0 Å². The third-order valence-corrected chi connectivity index (χ3v) is 4.50. The van der Waals surface area contributed by atoms with Crippen LogP contribution in [0.4, 0.5) is 5.69 Å². The topological polar surface area (TPSA) is 96.2 Å². The molecule has 1 heterocycles. The number of carboxylic acids is 1. The van der Waals surface area contributed by atoms with E-state index in [2.05, 4.69) is 4.90 Å². The van der Waals surface area contributed by atoms with E-state index in [-0.39, 0.29) is 24.6 Å². The van der Waals surface area contributed by atoms with Crippen LogP contribution < -0.4 is 4.74 Å². The molecule has 8 nitrogen and oxygen atoms in total. The van der Waals surface area contributed by atoms with Crippen molar-refractivity contribution in [1.29, 1.82) is 0 Å². The Kier molecular flexibility index (Phi) is 9.32. The summed E-state index contributed by atoms with van der Waals surface area (Å²) in [5, 5.41) is 19.7. The van der Waals surface area contributed by atoms with Crippen molar-refractivity contribution in [1.82, 2.24) is 9.80 Å². The number of halogens is 1. The molecule has 0 aromatic heterocycles. The van der Waals surface area contributed by atoms with E-state index in [1.165, 1.54) is 12.1 Å². The van der Waals surface area contributed by atoms with Gasteiger partial charge in [0, 0.05) is 18.7 Å². The molecule has 1 aliphatic heterocycles. The van der Waals surface area contributed by atoms with Crippen molar-refractivity contribution < 1.29 is 19.6 Å². The fourth-order valence-electron chi connectivity index (χ4n) is 3.12. The SMILES string of the molecule is CN(CC(=O)O)C1CCCN(CCOc2cccc([N+](=O)[O-])c2)CC1.Cl. The van der Waals surface area contributed by atoms with Gasteiger partial charge in [-0.2, -0.15) is 0 Å². The molecule has 2 rings (SSSR count). The molecule has 1 aliphatic rings. The maximum atomic E-state index is 10.8. The van der Waals surface area contributed by atoms with E-state index in [1.54, 1.807) is 12.1 Å². The number of nitrogens with zero attached hydrogens (tertiary/aromatic N) is 3. The molecule has 0 spiro atoms. The van der Waals surface area contributed by atoms with Crippen LogP contribution in [0.5, 0.6) is 5.75 Å². The second kappa shape index (κ2) is 10.9. The number of nitro groups is 1. The minimum absolute atomic E-state index is 0. The Morgan fingerprint density at radius 2 is 2.19 bits per heavy atom. The van der Waals surface area contributed by atoms with Crippen LogP contribution in [0, 0.1) is 10.1 Å². The van der Waals surface area contributed by atoms with Crippen LogP contribution in [0.2, 0.25) is 0 Å². The number of likely N-dealkylation sites (N-methyl/N-ethyl adjacent to an activating group) is 1. The fourth-order valence-corrected chi connectivity index (χ4v) is 3.12. The van der Waals surface area contributed by atoms with Crippen molar-refractivity contribution in [3.05, 3.63) is 34.4 Å². The van der Waals surface area contributed by atoms with Gasteiger partial charge in [-0.15, -0.1) is 12.4 Å². The van der Waals surface area contributed by atoms with Crippen molar-refractivity contribution in [3.8, 4) is 5.75 Å². The molecule has 1 fully saturated rings. The lowest BCUT2D eigenvalue weighted by Gasteiger charge is -2.25. The largest absolute Gasteiger partial charge is 0.492 e.